The number of rotatable bonds is 8. The van der Waals surface area contributed by atoms with Gasteiger partial charge in [-0.3, -0.25) is 9.20 Å². The fraction of sp³-hybridized carbons (Fsp3) is 0.208. The molecule has 8 heteroatoms. The summed E-state index contributed by atoms with van der Waals surface area (Å²) in [6.45, 7) is 3.77. The smallest absolute Gasteiger partial charge is 0.233 e. The van der Waals surface area contributed by atoms with E-state index in [0.29, 0.717) is 29.9 Å². The Labute approximate surface area is 186 Å². The molecular formula is C24H23N3O4S. The molecule has 0 saturated heterocycles. The van der Waals surface area contributed by atoms with Crippen LogP contribution >= 0.6 is 0 Å². The number of ether oxygens (including phenoxy) is 1. The largest absolute Gasteiger partial charge is 0.491 e. The lowest BCUT2D eigenvalue weighted by molar-refractivity contribution is 0.0982. The van der Waals surface area contributed by atoms with Gasteiger partial charge in [-0.2, -0.15) is 0 Å². The predicted molar refractivity (Wildman–Crippen MR) is 120 cm³/mol. The summed E-state index contributed by atoms with van der Waals surface area (Å²) < 4.78 is 33.3. The third-order valence-corrected chi connectivity index (χ3v) is 6.70. The lowest BCUT2D eigenvalue weighted by atomic mass is 10.0. The third kappa shape index (κ3) is 4.70. The van der Waals surface area contributed by atoms with Crippen LogP contribution in [0.15, 0.2) is 83.1 Å². The zero-order valence-corrected chi connectivity index (χ0v) is 18.6. The molecule has 0 saturated carbocycles. The van der Waals surface area contributed by atoms with Gasteiger partial charge in [-0.05, 0) is 56.2 Å². The maximum atomic E-state index is 13.0. The molecule has 0 spiro atoms. The quantitative estimate of drug-likeness (QED) is 0.375. The fourth-order valence-electron chi connectivity index (χ4n) is 3.32. The third-order valence-electron chi connectivity index (χ3n) is 4.93. The number of carbonyl (C=O) groups is 1. The Morgan fingerprint density at radius 2 is 1.84 bits per heavy atom. The zero-order valence-electron chi connectivity index (χ0n) is 17.8. The van der Waals surface area contributed by atoms with Gasteiger partial charge in [-0.15, -0.1) is 0 Å². The van der Waals surface area contributed by atoms with Crippen molar-refractivity contribution in [2.45, 2.75) is 42.6 Å². The highest BCUT2D eigenvalue weighted by Crippen LogP contribution is 2.25. The molecule has 0 aliphatic heterocycles. The SMILES string of the molecule is CC(C)Oc1cccc(S(=O)(=O)c2ccc(CCC(=O)c3cnc4nccn4c3)cc2)c1. The lowest BCUT2D eigenvalue weighted by Crippen LogP contribution is -2.07. The standard InChI is InChI=1S/C24H23N3O4S/c1-17(2)31-20-4-3-5-22(14-20)32(29,30)21-9-6-18(7-10-21)8-11-23(28)19-15-26-24-25-12-13-27(24)16-19/h3-7,9-10,12-17H,8,11H2,1-2H3. The van der Waals surface area contributed by atoms with Crippen LogP contribution in [0, 0.1) is 0 Å². The number of sulfone groups is 1. The van der Waals surface area contributed by atoms with Gasteiger partial charge < -0.3 is 4.74 Å². The molecule has 7 nitrogen and oxygen atoms in total. The monoisotopic (exact) mass is 449 g/mol. The van der Waals surface area contributed by atoms with Crippen molar-refractivity contribution in [3.05, 3.63) is 84.4 Å². The van der Waals surface area contributed by atoms with Gasteiger partial charge in [0.25, 0.3) is 0 Å². The first kappa shape index (κ1) is 21.7. The van der Waals surface area contributed by atoms with E-state index in [1.807, 2.05) is 13.8 Å². The van der Waals surface area contributed by atoms with Crippen molar-refractivity contribution in [2.75, 3.05) is 0 Å². The van der Waals surface area contributed by atoms with Gasteiger partial charge >= 0.3 is 0 Å². The number of nitrogens with zero attached hydrogens (tertiary/aromatic N) is 3. The minimum atomic E-state index is -3.67. The van der Waals surface area contributed by atoms with E-state index in [2.05, 4.69) is 9.97 Å². The van der Waals surface area contributed by atoms with Crippen LogP contribution < -0.4 is 4.74 Å². The van der Waals surface area contributed by atoms with E-state index < -0.39 is 9.84 Å². The summed E-state index contributed by atoms with van der Waals surface area (Å²) in [5, 5.41) is 0. The van der Waals surface area contributed by atoms with Crippen LogP contribution in [0.2, 0.25) is 0 Å². The van der Waals surface area contributed by atoms with Crippen LogP contribution in [0.4, 0.5) is 0 Å². The van der Waals surface area contributed by atoms with Crippen LogP contribution in [-0.4, -0.2) is 34.7 Å². The number of fused-ring (bicyclic) bond motifs is 1. The highest BCUT2D eigenvalue weighted by atomic mass is 32.2. The number of imidazole rings is 1. The molecule has 0 unspecified atom stereocenters. The minimum Gasteiger partial charge on any atom is -0.491 e. The summed E-state index contributed by atoms with van der Waals surface area (Å²) >= 11 is 0. The van der Waals surface area contributed by atoms with Gasteiger partial charge in [0.2, 0.25) is 15.6 Å². The average Bonchev–Trinajstić information content (AvgIpc) is 3.25. The summed E-state index contributed by atoms with van der Waals surface area (Å²) in [7, 11) is -3.67. The van der Waals surface area contributed by atoms with Crippen molar-refractivity contribution < 1.29 is 17.9 Å². The van der Waals surface area contributed by atoms with E-state index in [-0.39, 0.29) is 21.7 Å². The van der Waals surface area contributed by atoms with E-state index >= 15 is 0 Å². The van der Waals surface area contributed by atoms with Crippen LogP contribution in [0.3, 0.4) is 0 Å². The molecule has 0 radical (unpaired) electrons. The maximum Gasteiger partial charge on any atom is 0.233 e. The molecular weight excluding hydrogens is 426 g/mol. The summed E-state index contributed by atoms with van der Waals surface area (Å²) in [4.78, 5) is 21.1. The van der Waals surface area contributed by atoms with Crippen LogP contribution in [0.5, 0.6) is 5.75 Å². The highest BCUT2D eigenvalue weighted by molar-refractivity contribution is 7.91. The number of ketones is 1. The molecule has 0 N–H and O–H groups in total. The number of aryl methyl sites for hydroxylation is 1. The second-order valence-corrected chi connectivity index (χ2v) is 9.64. The first-order chi connectivity index (χ1) is 15.3. The van der Waals surface area contributed by atoms with Crippen LogP contribution in [0.1, 0.15) is 36.2 Å². The molecule has 4 aromatic rings. The number of hydrogen-bond donors (Lipinski definition) is 0. The highest BCUT2D eigenvalue weighted by Gasteiger charge is 2.18. The number of benzene rings is 2. The number of hydrogen-bond acceptors (Lipinski definition) is 6. The minimum absolute atomic E-state index is 0.0354. The molecule has 0 bridgehead atoms. The summed E-state index contributed by atoms with van der Waals surface area (Å²) in [6.07, 6.45) is 7.35. The Balaban J connectivity index is 1.45. The topological polar surface area (TPSA) is 90.6 Å². The molecule has 0 atom stereocenters. The van der Waals surface area contributed by atoms with Crippen molar-refractivity contribution in [2.24, 2.45) is 0 Å². The molecule has 2 heterocycles. The van der Waals surface area contributed by atoms with E-state index in [9.17, 15) is 13.2 Å². The Hall–Kier alpha value is -3.52. The molecule has 164 valence electrons. The zero-order chi connectivity index (χ0) is 22.7. The molecule has 4 rings (SSSR count). The van der Waals surface area contributed by atoms with Gasteiger partial charge in [0.1, 0.15) is 5.75 Å². The van der Waals surface area contributed by atoms with Crippen molar-refractivity contribution in [3.63, 3.8) is 0 Å². The lowest BCUT2D eigenvalue weighted by Gasteiger charge is -2.11. The summed E-state index contributed by atoms with van der Waals surface area (Å²) in [6, 6.07) is 13.1. The fourth-order valence-corrected chi connectivity index (χ4v) is 4.62. The van der Waals surface area contributed by atoms with Gasteiger partial charge in [0.15, 0.2) is 5.78 Å². The molecule has 2 aromatic carbocycles. The van der Waals surface area contributed by atoms with Crippen molar-refractivity contribution in [3.8, 4) is 5.75 Å². The Morgan fingerprint density at radius 1 is 1.06 bits per heavy atom. The van der Waals surface area contributed by atoms with E-state index in [1.54, 1.807) is 65.5 Å². The van der Waals surface area contributed by atoms with E-state index in [1.165, 1.54) is 12.3 Å². The summed E-state index contributed by atoms with van der Waals surface area (Å²) in [5.74, 6) is 1.02. The molecule has 0 aliphatic carbocycles. The normalized spacial score (nSPS) is 11.7. The van der Waals surface area contributed by atoms with Gasteiger partial charge in [0, 0.05) is 31.2 Å². The van der Waals surface area contributed by atoms with Crippen LogP contribution in [0.25, 0.3) is 5.78 Å². The molecule has 0 aliphatic rings. The number of aromatic nitrogens is 3. The Kier molecular flexibility index (Phi) is 6.05. The first-order valence-corrected chi connectivity index (χ1v) is 11.7. The van der Waals surface area contributed by atoms with Crippen LogP contribution in [-0.2, 0) is 16.3 Å². The predicted octanol–water partition coefficient (Wildman–Crippen LogP) is 4.16. The maximum absolute atomic E-state index is 13.0. The van der Waals surface area contributed by atoms with Gasteiger partial charge in [-0.1, -0.05) is 18.2 Å². The first-order valence-electron chi connectivity index (χ1n) is 10.3. The molecule has 0 fully saturated rings. The van der Waals surface area contributed by atoms with E-state index in [4.69, 9.17) is 4.74 Å². The Bertz CT molecular complexity index is 1360. The van der Waals surface area contributed by atoms with Crippen molar-refractivity contribution in [1.82, 2.24) is 14.4 Å². The molecule has 2 aromatic heterocycles. The molecule has 32 heavy (non-hydrogen) atoms. The number of carbonyl (C=O) groups excluding carboxylic acids is 1. The van der Waals surface area contributed by atoms with Crippen molar-refractivity contribution in [1.29, 1.82) is 0 Å². The second kappa shape index (κ2) is 8.92. The average molecular weight is 450 g/mol. The van der Waals surface area contributed by atoms with E-state index in [0.717, 1.165) is 5.56 Å². The van der Waals surface area contributed by atoms with Gasteiger partial charge in [-0.25, -0.2) is 18.4 Å². The molecule has 0 amide bonds. The second-order valence-electron chi connectivity index (χ2n) is 7.69. The Morgan fingerprint density at radius 3 is 2.59 bits per heavy atom. The van der Waals surface area contributed by atoms with Crippen molar-refractivity contribution >= 4 is 21.4 Å². The summed E-state index contributed by atoms with van der Waals surface area (Å²) in [5.41, 5.74) is 1.39. The number of Topliss-reactive ketones (excluding diaryl/α,β-unsaturated/α-hetero) is 1. The van der Waals surface area contributed by atoms with Gasteiger partial charge in [0.05, 0.1) is 21.5 Å².